The van der Waals surface area contributed by atoms with Gasteiger partial charge in [0.2, 0.25) is 11.8 Å². The van der Waals surface area contributed by atoms with Crippen LogP contribution in [0, 0.1) is 19.7 Å². The molecule has 0 atom stereocenters. The van der Waals surface area contributed by atoms with E-state index in [1.54, 1.807) is 42.6 Å². The number of rotatable bonds is 13. The van der Waals surface area contributed by atoms with E-state index in [-0.39, 0.29) is 24.1 Å². The Hall–Kier alpha value is -4.73. The minimum atomic E-state index is -0.247. The summed E-state index contributed by atoms with van der Waals surface area (Å²) in [6.07, 6.45) is 5.03. The maximum atomic E-state index is 13.1. The fraction of sp³-hybridized carbons (Fsp3) is 0.238. The summed E-state index contributed by atoms with van der Waals surface area (Å²) in [7, 11) is 0. The van der Waals surface area contributed by atoms with Gasteiger partial charge in [0.1, 0.15) is 18.2 Å². The van der Waals surface area contributed by atoms with Crippen molar-refractivity contribution in [2.45, 2.75) is 40.2 Å². The molecule has 52 heavy (non-hydrogen) atoms. The Kier molecular flexibility index (Phi) is 13.8. The Morgan fingerprint density at radius 1 is 0.808 bits per heavy atom. The Morgan fingerprint density at radius 2 is 1.42 bits per heavy atom. The number of carbonyl (C=O) groups excluding carboxylic acids is 1. The summed E-state index contributed by atoms with van der Waals surface area (Å²) in [4.78, 5) is 21.6. The molecule has 2 heterocycles. The second-order valence-corrected chi connectivity index (χ2v) is 13.1. The van der Waals surface area contributed by atoms with Crippen LogP contribution in [-0.4, -0.2) is 46.9 Å². The summed E-state index contributed by atoms with van der Waals surface area (Å²) in [6.45, 7) is 9.10. The standard InChI is InChI=1S/C42H41ClFN3O4.ClH/c1-30-3-5-35(6-4-30)29-50-38-16-17-40(45-25-38)51-42-31(2)23-36(24-39(42)43)13-18-41(48)47-21-19-46(20-22-47)26-32-7-9-33(10-8-32)27-49-28-34-11-14-37(44)15-12-34;/h3-18,23-25H,19-22,26-29H2,1-2H3;1H. The highest BCUT2D eigenvalue weighted by Gasteiger charge is 2.20. The predicted molar refractivity (Wildman–Crippen MR) is 205 cm³/mol. The predicted octanol–water partition coefficient (Wildman–Crippen LogP) is 9.36. The molecule has 1 aliphatic rings. The van der Waals surface area contributed by atoms with E-state index in [9.17, 15) is 9.18 Å². The van der Waals surface area contributed by atoms with Crippen molar-refractivity contribution in [3.63, 3.8) is 0 Å². The number of pyridine rings is 1. The van der Waals surface area contributed by atoms with Gasteiger partial charge in [0.05, 0.1) is 24.4 Å². The Bertz CT molecular complexity index is 1910. The highest BCUT2D eigenvalue weighted by Crippen LogP contribution is 2.34. The van der Waals surface area contributed by atoms with Crippen molar-refractivity contribution in [3.05, 3.63) is 159 Å². The monoisotopic (exact) mass is 741 g/mol. The third-order valence-corrected chi connectivity index (χ3v) is 8.96. The number of hydrogen-bond acceptors (Lipinski definition) is 6. The Balaban J connectivity index is 0.00000523. The molecular formula is C42H42Cl2FN3O4. The first-order chi connectivity index (χ1) is 24.8. The van der Waals surface area contributed by atoms with Crippen LogP contribution in [-0.2, 0) is 35.9 Å². The van der Waals surface area contributed by atoms with Gasteiger partial charge in [-0.2, -0.15) is 0 Å². The van der Waals surface area contributed by atoms with Gasteiger partial charge < -0.3 is 19.1 Å². The lowest BCUT2D eigenvalue weighted by Crippen LogP contribution is -2.47. The Labute approximate surface area is 316 Å². The van der Waals surface area contributed by atoms with Gasteiger partial charge in [-0.05, 0) is 83.6 Å². The van der Waals surface area contributed by atoms with Crippen LogP contribution in [0.3, 0.4) is 0 Å². The number of ether oxygens (including phenoxy) is 3. The number of hydrogen-bond donors (Lipinski definition) is 0. The van der Waals surface area contributed by atoms with Gasteiger partial charge in [-0.15, -0.1) is 12.4 Å². The number of benzene rings is 4. The SMILES string of the molecule is Cc1ccc(COc2ccc(Oc3c(C)cc(C=CC(=O)N4CCN(Cc5ccc(COCc6ccc(F)cc6)cc5)CC4)cc3Cl)nc2)cc1.Cl. The summed E-state index contributed by atoms with van der Waals surface area (Å²) in [5.74, 6) is 1.29. The molecule has 0 saturated carbocycles. The molecule has 0 bridgehead atoms. The van der Waals surface area contributed by atoms with Gasteiger partial charge >= 0.3 is 0 Å². The summed E-state index contributed by atoms with van der Waals surface area (Å²) >= 11 is 6.62. The molecule has 1 saturated heterocycles. The minimum absolute atomic E-state index is 0. The molecule has 10 heteroatoms. The van der Waals surface area contributed by atoms with E-state index >= 15 is 0 Å². The zero-order valence-corrected chi connectivity index (χ0v) is 30.8. The van der Waals surface area contributed by atoms with Crippen LogP contribution in [0.5, 0.6) is 17.4 Å². The van der Waals surface area contributed by atoms with Crippen LogP contribution in [0.2, 0.25) is 5.02 Å². The molecule has 0 aliphatic carbocycles. The second kappa shape index (κ2) is 18.7. The maximum absolute atomic E-state index is 13.1. The largest absolute Gasteiger partial charge is 0.487 e. The summed E-state index contributed by atoms with van der Waals surface area (Å²) < 4.78 is 30.7. The molecule has 1 aromatic heterocycles. The average Bonchev–Trinajstić information content (AvgIpc) is 3.14. The molecule has 0 spiro atoms. The summed E-state index contributed by atoms with van der Waals surface area (Å²) in [5.41, 5.74) is 7.18. The highest BCUT2D eigenvalue weighted by molar-refractivity contribution is 6.32. The van der Waals surface area contributed by atoms with Crippen LogP contribution >= 0.6 is 24.0 Å². The molecule has 4 aromatic carbocycles. The van der Waals surface area contributed by atoms with E-state index in [1.165, 1.54) is 23.3 Å². The van der Waals surface area contributed by atoms with Gasteiger partial charge in [-0.1, -0.05) is 77.8 Å². The maximum Gasteiger partial charge on any atom is 0.246 e. The normalized spacial score (nSPS) is 13.2. The molecule has 7 nitrogen and oxygen atoms in total. The third-order valence-electron chi connectivity index (χ3n) is 8.68. The number of carbonyl (C=O) groups is 1. The van der Waals surface area contributed by atoms with Crippen molar-refractivity contribution >= 4 is 36.0 Å². The van der Waals surface area contributed by atoms with E-state index in [2.05, 4.69) is 53.2 Å². The van der Waals surface area contributed by atoms with E-state index in [4.69, 9.17) is 25.8 Å². The number of piperazine rings is 1. The molecule has 1 aliphatic heterocycles. The highest BCUT2D eigenvalue weighted by atomic mass is 35.5. The number of nitrogens with zero attached hydrogens (tertiary/aromatic N) is 3. The molecule has 0 unspecified atom stereocenters. The molecular weight excluding hydrogens is 700 g/mol. The quantitative estimate of drug-likeness (QED) is 0.112. The number of amides is 1. The van der Waals surface area contributed by atoms with Crippen LogP contribution in [0.15, 0.2) is 109 Å². The summed E-state index contributed by atoms with van der Waals surface area (Å²) in [5, 5.41) is 0.433. The molecule has 1 amide bonds. The first-order valence-electron chi connectivity index (χ1n) is 17.0. The molecule has 6 rings (SSSR count). The molecule has 5 aromatic rings. The van der Waals surface area contributed by atoms with Gasteiger partial charge in [0.15, 0.2) is 5.75 Å². The lowest BCUT2D eigenvalue weighted by atomic mass is 10.1. The van der Waals surface area contributed by atoms with Crippen molar-refractivity contribution in [1.29, 1.82) is 0 Å². The van der Waals surface area contributed by atoms with E-state index < -0.39 is 0 Å². The van der Waals surface area contributed by atoms with Crippen molar-refractivity contribution in [3.8, 4) is 17.4 Å². The molecule has 0 radical (unpaired) electrons. The smallest absolute Gasteiger partial charge is 0.246 e. The average molecular weight is 743 g/mol. The first-order valence-corrected chi connectivity index (χ1v) is 17.4. The van der Waals surface area contributed by atoms with Crippen molar-refractivity contribution < 1.29 is 23.4 Å². The lowest BCUT2D eigenvalue weighted by molar-refractivity contribution is -0.127. The number of aromatic nitrogens is 1. The Morgan fingerprint density at radius 3 is 2.06 bits per heavy atom. The molecule has 0 N–H and O–H groups in total. The fourth-order valence-electron chi connectivity index (χ4n) is 5.72. The van der Waals surface area contributed by atoms with Crippen LogP contribution in [0.4, 0.5) is 4.39 Å². The topological polar surface area (TPSA) is 64.1 Å². The summed E-state index contributed by atoms with van der Waals surface area (Å²) in [6, 6.07) is 30.2. The molecule has 270 valence electrons. The minimum Gasteiger partial charge on any atom is -0.487 e. The van der Waals surface area contributed by atoms with E-state index in [0.717, 1.165) is 47.5 Å². The van der Waals surface area contributed by atoms with Crippen molar-refractivity contribution in [2.24, 2.45) is 0 Å². The number of halogens is 3. The van der Waals surface area contributed by atoms with Gasteiger partial charge in [-0.3, -0.25) is 9.69 Å². The molecule has 1 fully saturated rings. The zero-order chi connectivity index (χ0) is 35.6. The number of aryl methyl sites for hydroxylation is 2. The van der Waals surface area contributed by atoms with E-state index in [1.807, 2.05) is 36.1 Å². The zero-order valence-electron chi connectivity index (χ0n) is 29.3. The van der Waals surface area contributed by atoms with E-state index in [0.29, 0.717) is 55.3 Å². The fourth-order valence-corrected chi connectivity index (χ4v) is 6.03. The van der Waals surface area contributed by atoms with Crippen molar-refractivity contribution in [2.75, 3.05) is 26.2 Å². The van der Waals surface area contributed by atoms with Gasteiger partial charge in [0.25, 0.3) is 0 Å². The third kappa shape index (κ3) is 11.1. The van der Waals surface area contributed by atoms with Crippen molar-refractivity contribution in [1.82, 2.24) is 14.8 Å². The van der Waals surface area contributed by atoms with Gasteiger partial charge in [-0.25, -0.2) is 9.37 Å². The van der Waals surface area contributed by atoms with Crippen LogP contribution < -0.4 is 9.47 Å². The van der Waals surface area contributed by atoms with Crippen LogP contribution in [0.1, 0.15) is 38.9 Å². The van der Waals surface area contributed by atoms with Crippen LogP contribution in [0.25, 0.3) is 6.08 Å². The van der Waals surface area contributed by atoms with Gasteiger partial charge in [0, 0.05) is 44.9 Å². The second-order valence-electron chi connectivity index (χ2n) is 12.7. The first kappa shape index (κ1) is 38.5. The lowest BCUT2D eigenvalue weighted by Gasteiger charge is -2.34.